The number of hydrogen-bond acceptors (Lipinski definition) is 2. The van der Waals surface area contributed by atoms with Crippen LogP contribution in [0.1, 0.15) is 0 Å². The van der Waals surface area contributed by atoms with Crippen LogP contribution in [0.2, 0.25) is 0 Å². The number of benzene rings is 1. The largest absolute Gasteiger partial charge is 2.00 e. The van der Waals surface area contributed by atoms with Crippen LogP contribution in [-0.4, -0.2) is 10.1 Å². The first-order valence-corrected chi connectivity index (χ1v) is 4.69. The Morgan fingerprint density at radius 2 is 2.14 bits per heavy atom. The van der Waals surface area contributed by atoms with Gasteiger partial charge in [0.15, 0.2) is 5.75 Å². The predicted molar refractivity (Wildman–Crippen MR) is 56.1 cm³/mol. The number of fused-ring (bicyclic) bond motifs is 1. The number of nitrogens with zero attached hydrogens (tertiary/aromatic N) is 1. The summed E-state index contributed by atoms with van der Waals surface area (Å²) in [6.07, 6.45) is 1.53. The normalized spacial score (nSPS) is 9.86. The molecule has 1 N–H and O–H groups in total. The van der Waals surface area contributed by atoms with Crippen LogP contribution in [0.4, 0.5) is 4.39 Å². The van der Waals surface area contributed by atoms with E-state index in [4.69, 9.17) is 0 Å². The molecule has 0 amide bonds. The molecule has 2 aromatic rings. The smallest absolute Gasteiger partial charge is 0.505 e. The summed E-state index contributed by atoms with van der Waals surface area (Å²) in [5.41, 5.74) is 0.312. The van der Waals surface area contributed by atoms with Crippen molar-refractivity contribution < 1.29 is 26.6 Å². The molecule has 75 valence electrons. The monoisotopic (exact) mass is 351 g/mol. The second-order valence-corrected chi connectivity index (χ2v) is 3.75. The fourth-order valence-corrected chi connectivity index (χ4v) is 1.69. The molecule has 0 unspecified atom stereocenters. The van der Waals surface area contributed by atoms with E-state index in [-0.39, 0.29) is 28.6 Å². The fourth-order valence-electron chi connectivity index (χ4n) is 1.16. The van der Waals surface area contributed by atoms with E-state index in [0.29, 0.717) is 14.5 Å². The zero-order chi connectivity index (χ0) is 9.42. The van der Waals surface area contributed by atoms with Gasteiger partial charge in [-0.05, 0) is 40.8 Å². The molecule has 1 heterocycles. The van der Waals surface area contributed by atoms with Gasteiger partial charge in [0.05, 0.1) is 3.57 Å². The van der Waals surface area contributed by atoms with E-state index < -0.39 is 0 Å². The molecule has 5 heteroatoms. The van der Waals surface area contributed by atoms with Crippen LogP contribution in [0.15, 0.2) is 24.4 Å². The summed E-state index contributed by atoms with van der Waals surface area (Å²) < 4.78 is 13.7. The Balaban J connectivity index is 0.000000980. The third-order valence-electron chi connectivity index (χ3n) is 1.77. The van der Waals surface area contributed by atoms with E-state index in [1.54, 1.807) is 12.1 Å². The predicted octanol–water partition coefficient (Wildman–Crippen LogP) is 2.68. The summed E-state index contributed by atoms with van der Waals surface area (Å²) in [4.78, 5) is 3.91. The van der Waals surface area contributed by atoms with Crippen LogP contribution in [-0.2, 0) is 17.1 Å². The van der Waals surface area contributed by atoms with Crippen molar-refractivity contribution in [3.63, 3.8) is 0 Å². The number of phenolic OH excluding ortho intramolecular Hbond substituents is 1. The molecule has 0 saturated carbocycles. The first kappa shape index (κ1) is 11.7. The summed E-state index contributed by atoms with van der Waals surface area (Å²) in [5.74, 6) is -0.317. The quantitative estimate of drug-likeness (QED) is 0.585. The third-order valence-corrected chi connectivity index (χ3v) is 2.59. The number of phenols is 1. The molecule has 0 aliphatic carbocycles. The molecule has 14 heavy (non-hydrogen) atoms. The maximum Gasteiger partial charge on any atom is 2.00 e. The van der Waals surface area contributed by atoms with E-state index in [1.165, 1.54) is 12.3 Å². The van der Waals surface area contributed by atoms with Crippen LogP contribution in [0.3, 0.4) is 0 Å². The number of halogens is 2. The van der Waals surface area contributed by atoms with Crippen LogP contribution in [0, 0.1) is 9.39 Å². The van der Waals surface area contributed by atoms with Gasteiger partial charge in [-0.2, -0.15) is 0 Å². The van der Waals surface area contributed by atoms with Gasteiger partial charge in [-0.3, -0.25) is 4.98 Å². The first-order chi connectivity index (χ1) is 6.20. The summed E-state index contributed by atoms with van der Waals surface area (Å²) in [6.45, 7) is 0. The maximum absolute atomic E-state index is 13.3. The van der Waals surface area contributed by atoms with E-state index >= 15 is 0 Å². The zero-order valence-electron chi connectivity index (χ0n) is 6.76. The first-order valence-electron chi connectivity index (χ1n) is 3.62. The molecule has 0 aliphatic rings. The van der Waals surface area contributed by atoms with E-state index in [0.717, 1.165) is 0 Å². The van der Waals surface area contributed by atoms with Crippen molar-refractivity contribution in [2.75, 3.05) is 0 Å². The molecule has 0 spiro atoms. The summed E-state index contributed by atoms with van der Waals surface area (Å²) in [7, 11) is 0. The van der Waals surface area contributed by atoms with Gasteiger partial charge in [0.2, 0.25) is 0 Å². The van der Waals surface area contributed by atoms with Crippen molar-refractivity contribution in [1.29, 1.82) is 0 Å². The Morgan fingerprint density at radius 1 is 1.43 bits per heavy atom. The van der Waals surface area contributed by atoms with Crippen molar-refractivity contribution in [2.24, 2.45) is 0 Å². The van der Waals surface area contributed by atoms with Crippen LogP contribution < -0.4 is 0 Å². The fraction of sp³-hybridized carbons (Fsp3) is 0. The molecule has 1 aromatic heterocycles. The van der Waals surface area contributed by atoms with Crippen LogP contribution in [0.25, 0.3) is 10.9 Å². The van der Waals surface area contributed by atoms with Crippen molar-refractivity contribution in [1.82, 2.24) is 4.98 Å². The minimum atomic E-state index is -0.356. The Morgan fingerprint density at radius 3 is 2.86 bits per heavy atom. The number of hydrogen-bond donors (Lipinski definition) is 1. The molecule has 2 rings (SSSR count). The molecule has 1 radical (unpaired) electrons. The number of aromatic hydroxyl groups is 1. The van der Waals surface area contributed by atoms with Crippen molar-refractivity contribution in [3.8, 4) is 5.75 Å². The second kappa shape index (κ2) is 4.42. The van der Waals surface area contributed by atoms with Gasteiger partial charge < -0.3 is 5.11 Å². The maximum atomic E-state index is 13.3. The minimum Gasteiger partial charge on any atom is -0.505 e. The molecule has 0 fully saturated rings. The van der Waals surface area contributed by atoms with Crippen molar-refractivity contribution >= 4 is 33.5 Å². The Kier molecular flexibility index (Phi) is 3.69. The molecule has 0 aliphatic heterocycles. The average molecular weight is 352 g/mol. The van der Waals surface area contributed by atoms with Crippen LogP contribution in [0.5, 0.6) is 5.75 Å². The standard InChI is InChI=1S/C9H5FINO.Cu/c10-6-4-7(11)9(13)8-5(6)2-1-3-12-8;/h1-4,13H;/q;+2/i10-1;. The molecular weight excluding hydrogens is 347 g/mol. The Bertz CT molecular complexity index is 478. The molecule has 0 atom stereocenters. The van der Waals surface area contributed by atoms with Gasteiger partial charge in [0, 0.05) is 11.6 Å². The van der Waals surface area contributed by atoms with Gasteiger partial charge in [0.25, 0.3) is 0 Å². The molecule has 0 bridgehead atoms. The van der Waals surface area contributed by atoms with Crippen LogP contribution >= 0.6 is 22.6 Å². The topological polar surface area (TPSA) is 33.1 Å². The Labute approximate surface area is 104 Å². The van der Waals surface area contributed by atoms with Crippen molar-refractivity contribution in [3.05, 3.63) is 33.8 Å². The van der Waals surface area contributed by atoms with E-state index in [9.17, 15) is 9.50 Å². The van der Waals surface area contributed by atoms with Gasteiger partial charge in [-0.25, -0.2) is 4.39 Å². The summed E-state index contributed by atoms with van der Waals surface area (Å²) >= 11 is 1.87. The second-order valence-electron chi connectivity index (χ2n) is 2.59. The van der Waals surface area contributed by atoms with Gasteiger partial charge in [-0.1, -0.05) is 0 Å². The van der Waals surface area contributed by atoms with E-state index in [2.05, 4.69) is 4.98 Å². The Hall–Kier alpha value is -0.391. The van der Waals surface area contributed by atoms with Gasteiger partial charge in [-0.15, -0.1) is 0 Å². The molecular formula is C9H5CuFINO+2. The van der Waals surface area contributed by atoms with E-state index in [1.807, 2.05) is 22.6 Å². The minimum absolute atomic E-state index is 0. The zero-order valence-corrected chi connectivity index (χ0v) is 9.86. The SMILES string of the molecule is Oc1c(I)cc([18F])c2cccnc12.[Cu+2]. The molecule has 2 nitrogen and oxygen atoms in total. The van der Waals surface area contributed by atoms with Gasteiger partial charge in [0.1, 0.15) is 11.3 Å². The number of pyridine rings is 1. The summed E-state index contributed by atoms with van der Waals surface area (Å²) in [6, 6.07) is 4.52. The van der Waals surface area contributed by atoms with Gasteiger partial charge >= 0.3 is 17.1 Å². The molecule has 1 aromatic carbocycles. The third kappa shape index (κ3) is 1.85. The number of rotatable bonds is 0. The van der Waals surface area contributed by atoms with Crippen molar-refractivity contribution in [2.45, 2.75) is 0 Å². The molecule has 0 saturated heterocycles. The number of aromatic nitrogens is 1. The average Bonchev–Trinajstić information content (AvgIpc) is 2.15. The summed E-state index contributed by atoms with van der Waals surface area (Å²) in [5, 5.41) is 9.89.